The van der Waals surface area contributed by atoms with Gasteiger partial charge in [0.15, 0.2) is 0 Å². The molecule has 0 radical (unpaired) electrons. The van der Waals surface area contributed by atoms with E-state index >= 15 is 0 Å². The molecule has 0 aromatic heterocycles. The first-order chi connectivity index (χ1) is 6.45. The maximum Gasteiger partial charge on any atom is 3.00 e. The van der Waals surface area contributed by atoms with Gasteiger partial charge < -0.3 is 4.74 Å². The van der Waals surface area contributed by atoms with E-state index in [1.54, 1.807) is 0 Å². The van der Waals surface area contributed by atoms with Gasteiger partial charge in [0, 0.05) is 5.75 Å². The summed E-state index contributed by atoms with van der Waals surface area (Å²) in [6.07, 6.45) is 0. The normalized spacial score (nSPS) is 8.86. The van der Waals surface area contributed by atoms with Gasteiger partial charge in [0.2, 0.25) is 0 Å². The van der Waals surface area contributed by atoms with E-state index in [9.17, 15) is 0 Å². The maximum atomic E-state index is 5.55. The number of benzene rings is 2. The molecular weight excluding hydrogens is 249 g/mol. The molecule has 14 heavy (non-hydrogen) atoms. The molecule has 0 aliphatic carbocycles. The predicted octanol–water partition coefficient (Wildman–Crippen LogP) is 3.28. The van der Waals surface area contributed by atoms with Crippen LogP contribution in [0.3, 0.4) is 0 Å². The van der Waals surface area contributed by atoms with Crippen LogP contribution in [0.1, 0.15) is 0 Å². The van der Waals surface area contributed by atoms with Crippen molar-refractivity contribution in [2.45, 2.75) is 0 Å². The third-order valence-corrected chi connectivity index (χ3v) is 1.66. The van der Waals surface area contributed by atoms with Gasteiger partial charge in [0.05, 0.1) is 0 Å². The average Bonchev–Trinajstić information content (AvgIpc) is 2.21. The van der Waals surface area contributed by atoms with Gasteiger partial charge in [-0.15, -0.1) is 12.1 Å². The van der Waals surface area contributed by atoms with Crippen LogP contribution in [0.15, 0.2) is 54.6 Å². The number of rotatable bonds is 2. The Bertz CT molecular complexity index is 321. The van der Waals surface area contributed by atoms with Crippen LogP contribution in [0, 0.1) is 6.07 Å². The first kappa shape index (κ1) is 11.4. The minimum absolute atomic E-state index is 0. The fraction of sp³-hybridized carbons (Fsp3) is 0. The van der Waals surface area contributed by atoms with Crippen LogP contribution in [0.5, 0.6) is 11.5 Å². The van der Waals surface area contributed by atoms with Crippen LogP contribution in [0.25, 0.3) is 0 Å². The molecule has 0 bridgehead atoms. The van der Waals surface area contributed by atoms with Crippen LogP contribution in [-0.2, 0) is 32.7 Å². The molecule has 0 heterocycles. The molecule has 0 unspecified atom stereocenters. The van der Waals surface area contributed by atoms with E-state index in [0.29, 0.717) is 0 Å². The molecule has 1 nitrogen and oxygen atoms in total. The monoisotopic (exact) mass is 258 g/mol. The van der Waals surface area contributed by atoms with Gasteiger partial charge in [-0.1, -0.05) is 18.2 Å². The first-order valence-electron chi connectivity index (χ1n) is 4.14. The van der Waals surface area contributed by atoms with Crippen molar-refractivity contribution in [2.24, 2.45) is 0 Å². The Kier molecular flexibility index (Phi) is 4.85. The molecule has 0 saturated heterocycles. The van der Waals surface area contributed by atoms with Gasteiger partial charge in [0.25, 0.3) is 0 Å². The number of hydrogen-bond donors (Lipinski definition) is 0. The van der Waals surface area contributed by atoms with Crippen LogP contribution < -0.4 is 4.74 Å². The van der Waals surface area contributed by atoms with E-state index in [2.05, 4.69) is 6.07 Å². The van der Waals surface area contributed by atoms with E-state index in [4.69, 9.17) is 4.74 Å². The van der Waals surface area contributed by atoms with Crippen LogP contribution in [0.4, 0.5) is 0 Å². The smallest absolute Gasteiger partial charge is 0.517 e. The first-order valence-corrected chi connectivity index (χ1v) is 4.14. The Morgan fingerprint density at radius 3 is 2.21 bits per heavy atom. The van der Waals surface area contributed by atoms with Crippen molar-refractivity contribution >= 4 is 0 Å². The molecule has 0 N–H and O–H groups in total. The Morgan fingerprint density at radius 1 is 0.857 bits per heavy atom. The van der Waals surface area contributed by atoms with E-state index < -0.39 is 0 Å². The summed E-state index contributed by atoms with van der Waals surface area (Å²) >= 11 is 0. The van der Waals surface area contributed by atoms with Crippen LogP contribution in [0.2, 0.25) is 0 Å². The fourth-order valence-electron chi connectivity index (χ4n) is 1.06. The summed E-state index contributed by atoms with van der Waals surface area (Å²) in [5.41, 5.74) is 0. The van der Waals surface area contributed by atoms with Crippen LogP contribution in [-0.4, -0.2) is 0 Å². The molecule has 0 atom stereocenters. The van der Waals surface area contributed by atoms with E-state index in [0.717, 1.165) is 11.5 Å². The van der Waals surface area contributed by atoms with E-state index in [-0.39, 0.29) is 32.7 Å². The zero-order chi connectivity index (χ0) is 8.93. The summed E-state index contributed by atoms with van der Waals surface area (Å²) in [5, 5.41) is 0. The molecule has 0 amide bonds. The molecule has 0 aliphatic rings. The van der Waals surface area contributed by atoms with Crippen molar-refractivity contribution in [1.82, 2.24) is 0 Å². The summed E-state index contributed by atoms with van der Waals surface area (Å²) in [7, 11) is 0. The second kappa shape index (κ2) is 5.95. The van der Waals surface area contributed by atoms with Gasteiger partial charge in [0.1, 0.15) is 5.75 Å². The Morgan fingerprint density at radius 2 is 1.57 bits per heavy atom. The zero-order valence-corrected chi connectivity index (χ0v) is 10.5. The van der Waals surface area contributed by atoms with Gasteiger partial charge in [-0.25, -0.2) is 0 Å². The minimum Gasteiger partial charge on any atom is -0.517 e. The fourth-order valence-corrected chi connectivity index (χ4v) is 1.06. The Balaban J connectivity index is 0.000000980. The van der Waals surface area contributed by atoms with Crippen LogP contribution >= 0.6 is 0 Å². The summed E-state index contributed by atoms with van der Waals surface area (Å²) in [6, 6.07) is 20.1. The molecule has 0 aliphatic heterocycles. The predicted molar refractivity (Wildman–Crippen MR) is 51.8 cm³/mol. The molecule has 0 spiro atoms. The number of para-hydroxylation sites is 1. The topological polar surface area (TPSA) is 9.23 Å². The minimum atomic E-state index is 0. The second-order valence-electron chi connectivity index (χ2n) is 2.65. The van der Waals surface area contributed by atoms with Crippen molar-refractivity contribution in [2.75, 3.05) is 0 Å². The second-order valence-corrected chi connectivity index (χ2v) is 2.65. The third kappa shape index (κ3) is 3.24. The molecule has 2 aromatic carbocycles. The third-order valence-electron chi connectivity index (χ3n) is 1.66. The molecule has 2 aromatic rings. The SMILES string of the molecule is [Y+3].[c-]1cccc(Oc2ccccc2)c1. The standard InChI is InChI=1S/C12H9O.Y/c1-3-7-11(8-4-1)13-12-9-5-2-6-10-12;/h1-5,7-10H;/q-1;+3. The average molecular weight is 258 g/mol. The van der Waals surface area contributed by atoms with Crippen molar-refractivity contribution in [3.05, 3.63) is 60.7 Å². The van der Waals surface area contributed by atoms with Crippen molar-refractivity contribution in [3.8, 4) is 11.5 Å². The molecule has 2 heteroatoms. The molecule has 2 rings (SSSR count). The summed E-state index contributed by atoms with van der Waals surface area (Å²) in [4.78, 5) is 0. The summed E-state index contributed by atoms with van der Waals surface area (Å²) in [6.45, 7) is 0. The van der Waals surface area contributed by atoms with Gasteiger partial charge in [-0.3, -0.25) is 0 Å². The number of ether oxygens (including phenoxy) is 1. The van der Waals surface area contributed by atoms with E-state index in [1.807, 2.05) is 54.6 Å². The Hall–Kier alpha value is -0.656. The molecular formula is C12H9OY+2. The van der Waals surface area contributed by atoms with Crippen molar-refractivity contribution in [3.63, 3.8) is 0 Å². The maximum absolute atomic E-state index is 5.55. The van der Waals surface area contributed by atoms with Gasteiger partial charge in [-0.05, 0) is 12.1 Å². The molecule has 0 saturated carbocycles. The zero-order valence-electron chi connectivity index (χ0n) is 7.68. The van der Waals surface area contributed by atoms with Crippen molar-refractivity contribution < 1.29 is 37.4 Å². The number of hydrogen-bond acceptors (Lipinski definition) is 1. The van der Waals surface area contributed by atoms with Crippen molar-refractivity contribution in [1.29, 1.82) is 0 Å². The van der Waals surface area contributed by atoms with Gasteiger partial charge in [-0.2, -0.15) is 18.2 Å². The quantitative estimate of drug-likeness (QED) is 0.751. The Labute approximate surface area is 109 Å². The molecule has 64 valence electrons. The van der Waals surface area contributed by atoms with Gasteiger partial charge >= 0.3 is 32.7 Å². The summed E-state index contributed by atoms with van der Waals surface area (Å²) < 4.78 is 5.55. The largest absolute Gasteiger partial charge is 3.00 e. The van der Waals surface area contributed by atoms with E-state index in [1.165, 1.54) is 0 Å². The summed E-state index contributed by atoms with van der Waals surface area (Å²) in [5.74, 6) is 1.66. The molecule has 0 fully saturated rings.